The molecular formula is C22H24O6. The molecule has 4 heterocycles. The average molecular weight is 384 g/mol. The fourth-order valence-electron chi connectivity index (χ4n) is 3.70. The van der Waals surface area contributed by atoms with E-state index in [2.05, 4.69) is 24.3 Å². The molecule has 28 heavy (non-hydrogen) atoms. The van der Waals surface area contributed by atoms with Crippen molar-refractivity contribution in [2.45, 2.75) is 37.3 Å². The highest BCUT2D eigenvalue weighted by molar-refractivity contribution is 5.92. The van der Waals surface area contributed by atoms with E-state index in [1.54, 1.807) is 0 Å². The van der Waals surface area contributed by atoms with Crippen molar-refractivity contribution in [2.24, 2.45) is 0 Å². The van der Waals surface area contributed by atoms with Crippen molar-refractivity contribution in [3.8, 4) is 11.5 Å². The normalized spacial score (nSPS) is 29.6. The van der Waals surface area contributed by atoms with Crippen LogP contribution < -0.4 is 9.47 Å². The van der Waals surface area contributed by atoms with Gasteiger partial charge in [0.15, 0.2) is 0 Å². The summed E-state index contributed by atoms with van der Waals surface area (Å²) in [4.78, 5) is 0. The maximum absolute atomic E-state index is 6.10. The van der Waals surface area contributed by atoms with Gasteiger partial charge in [0.1, 0.15) is 36.9 Å². The molecule has 4 atom stereocenters. The summed E-state index contributed by atoms with van der Waals surface area (Å²) in [5, 5.41) is 2.44. The molecule has 6 rings (SSSR count). The van der Waals surface area contributed by atoms with Gasteiger partial charge in [-0.15, -0.1) is 0 Å². The lowest BCUT2D eigenvalue weighted by Crippen LogP contribution is -2.09. The number of fused-ring (bicyclic) bond motifs is 1. The first-order valence-corrected chi connectivity index (χ1v) is 10.1. The lowest BCUT2D eigenvalue weighted by Gasteiger charge is -2.18. The lowest BCUT2D eigenvalue weighted by atomic mass is 9.94. The predicted octanol–water partition coefficient (Wildman–Crippen LogP) is 2.28. The molecule has 4 aliphatic rings. The maximum Gasteiger partial charge on any atom is 0.123 e. The fraction of sp³-hybridized carbons (Fsp3) is 0.545. The Morgan fingerprint density at radius 3 is 1.36 bits per heavy atom. The number of benzene rings is 2. The van der Waals surface area contributed by atoms with Crippen molar-refractivity contribution >= 4 is 10.8 Å². The second-order valence-electron chi connectivity index (χ2n) is 8.03. The van der Waals surface area contributed by atoms with Gasteiger partial charge in [-0.2, -0.15) is 0 Å². The molecule has 0 N–H and O–H groups in total. The standard InChI is InChI=1S/C22H24O6/c1-3-21(27-11-15-9-25-15)20(6-14-8-24-14)18-2-4-22(28-12-16-10-26-16)19(17(1)18)5-13-7-23-13/h1-4,13-16H,5-12H2. The third-order valence-corrected chi connectivity index (χ3v) is 5.66. The monoisotopic (exact) mass is 384 g/mol. The van der Waals surface area contributed by atoms with Gasteiger partial charge in [0.2, 0.25) is 0 Å². The van der Waals surface area contributed by atoms with E-state index in [4.69, 9.17) is 28.4 Å². The smallest absolute Gasteiger partial charge is 0.123 e. The molecule has 0 radical (unpaired) electrons. The first kappa shape index (κ1) is 17.0. The minimum absolute atomic E-state index is 0.240. The van der Waals surface area contributed by atoms with Crippen LogP contribution in [-0.2, 0) is 31.8 Å². The van der Waals surface area contributed by atoms with Gasteiger partial charge in [-0.3, -0.25) is 0 Å². The molecule has 2 aromatic carbocycles. The summed E-state index contributed by atoms with van der Waals surface area (Å²) in [5.41, 5.74) is 2.44. The lowest BCUT2D eigenvalue weighted by molar-refractivity contribution is 0.260. The van der Waals surface area contributed by atoms with E-state index in [9.17, 15) is 0 Å². The van der Waals surface area contributed by atoms with Gasteiger partial charge in [-0.25, -0.2) is 0 Å². The molecule has 0 aliphatic carbocycles. The number of hydrogen-bond acceptors (Lipinski definition) is 6. The van der Waals surface area contributed by atoms with Gasteiger partial charge < -0.3 is 28.4 Å². The van der Waals surface area contributed by atoms with Crippen LogP contribution >= 0.6 is 0 Å². The van der Waals surface area contributed by atoms with E-state index < -0.39 is 0 Å². The summed E-state index contributed by atoms with van der Waals surface area (Å²) in [6.07, 6.45) is 2.81. The number of hydrogen-bond donors (Lipinski definition) is 0. The van der Waals surface area contributed by atoms with Crippen LogP contribution in [0.1, 0.15) is 11.1 Å². The van der Waals surface area contributed by atoms with Crippen molar-refractivity contribution < 1.29 is 28.4 Å². The average Bonchev–Trinajstić information content (AvgIpc) is 3.55. The van der Waals surface area contributed by atoms with Crippen LogP contribution in [0.5, 0.6) is 11.5 Å². The van der Waals surface area contributed by atoms with Crippen LogP contribution in [0.15, 0.2) is 24.3 Å². The van der Waals surface area contributed by atoms with E-state index in [0.717, 1.165) is 50.8 Å². The molecular weight excluding hydrogens is 360 g/mol. The van der Waals surface area contributed by atoms with Gasteiger partial charge in [-0.05, 0) is 22.9 Å². The minimum Gasteiger partial charge on any atom is -0.490 e. The van der Waals surface area contributed by atoms with Crippen LogP contribution in [0.2, 0.25) is 0 Å². The number of rotatable bonds is 10. The molecule has 0 aromatic heterocycles. The molecule has 4 aliphatic heterocycles. The second kappa shape index (κ2) is 6.88. The van der Waals surface area contributed by atoms with Crippen molar-refractivity contribution in [1.82, 2.24) is 0 Å². The zero-order valence-electron chi connectivity index (χ0n) is 15.7. The zero-order chi connectivity index (χ0) is 18.5. The Labute approximate surface area is 163 Å². The molecule has 2 aromatic rings. The Morgan fingerprint density at radius 1 is 0.607 bits per heavy atom. The van der Waals surface area contributed by atoms with E-state index in [0.29, 0.717) is 25.4 Å². The second-order valence-corrected chi connectivity index (χ2v) is 8.03. The van der Waals surface area contributed by atoms with Crippen molar-refractivity contribution in [1.29, 1.82) is 0 Å². The van der Waals surface area contributed by atoms with Crippen LogP contribution in [0.3, 0.4) is 0 Å². The van der Waals surface area contributed by atoms with Crippen LogP contribution in [0.25, 0.3) is 10.8 Å². The summed E-state index contributed by atoms with van der Waals surface area (Å²) in [6, 6.07) is 8.50. The molecule has 6 nitrogen and oxygen atoms in total. The summed E-state index contributed by atoms with van der Waals surface area (Å²) in [6.45, 7) is 4.46. The third kappa shape index (κ3) is 3.82. The summed E-state index contributed by atoms with van der Waals surface area (Å²) >= 11 is 0. The predicted molar refractivity (Wildman–Crippen MR) is 101 cm³/mol. The van der Waals surface area contributed by atoms with Crippen LogP contribution in [0.4, 0.5) is 0 Å². The van der Waals surface area contributed by atoms with E-state index in [1.807, 2.05) is 0 Å². The van der Waals surface area contributed by atoms with Gasteiger partial charge in [0.25, 0.3) is 0 Å². The first-order chi connectivity index (χ1) is 13.8. The summed E-state index contributed by atoms with van der Waals surface area (Å²) < 4.78 is 33.8. The van der Waals surface area contributed by atoms with E-state index in [1.165, 1.54) is 21.9 Å². The third-order valence-electron chi connectivity index (χ3n) is 5.66. The van der Waals surface area contributed by atoms with Gasteiger partial charge in [-0.1, -0.05) is 12.1 Å². The zero-order valence-corrected chi connectivity index (χ0v) is 15.7. The van der Waals surface area contributed by atoms with E-state index >= 15 is 0 Å². The molecule has 0 amide bonds. The first-order valence-electron chi connectivity index (χ1n) is 10.1. The highest BCUT2D eigenvalue weighted by Gasteiger charge is 2.30. The van der Waals surface area contributed by atoms with E-state index in [-0.39, 0.29) is 12.2 Å². The highest BCUT2D eigenvalue weighted by Crippen LogP contribution is 2.38. The Morgan fingerprint density at radius 2 is 1.00 bits per heavy atom. The number of epoxide rings is 4. The Bertz CT molecular complexity index is 807. The Kier molecular flexibility index (Phi) is 4.19. The largest absolute Gasteiger partial charge is 0.490 e. The number of ether oxygens (including phenoxy) is 6. The summed E-state index contributed by atoms with van der Waals surface area (Å²) in [7, 11) is 0. The van der Waals surface area contributed by atoms with Crippen molar-refractivity contribution in [3.63, 3.8) is 0 Å². The van der Waals surface area contributed by atoms with Gasteiger partial charge in [0.05, 0.1) is 38.6 Å². The molecule has 0 spiro atoms. The highest BCUT2D eigenvalue weighted by atomic mass is 16.6. The maximum atomic E-state index is 6.10. The SMILES string of the molecule is c1cc2c(CC3CO3)c(OCC3CO3)ccc2c(CC2CO2)c1OCC1CO1. The Hall–Kier alpha value is -1.86. The molecule has 0 saturated carbocycles. The minimum atomic E-state index is 0.240. The molecule has 4 fully saturated rings. The quantitative estimate of drug-likeness (QED) is 0.586. The molecule has 4 saturated heterocycles. The summed E-state index contributed by atoms with van der Waals surface area (Å²) in [5.74, 6) is 1.87. The molecule has 148 valence electrons. The topological polar surface area (TPSA) is 68.6 Å². The van der Waals surface area contributed by atoms with Crippen LogP contribution in [0, 0.1) is 0 Å². The van der Waals surface area contributed by atoms with Gasteiger partial charge >= 0.3 is 0 Å². The molecule has 4 unspecified atom stereocenters. The molecule has 0 bridgehead atoms. The fourth-order valence-corrected chi connectivity index (χ4v) is 3.70. The Balaban J connectivity index is 1.38. The molecule has 6 heteroatoms. The van der Waals surface area contributed by atoms with Gasteiger partial charge in [0, 0.05) is 24.0 Å². The van der Waals surface area contributed by atoms with Crippen molar-refractivity contribution in [2.75, 3.05) is 39.6 Å². The van der Waals surface area contributed by atoms with Crippen LogP contribution in [-0.4, -0.2) is 64.1 Å². The van der Waals surface area contributed by atoms with Crippen molar-refractivity contribution in [3.05, 3.63) is 35.4 Å².